The first-order chi connectivity index (χ1) is 53.4. The average molecular weight is 1350 g/mol. The first-order valence-corrected chi connectivity index (χ1v) is 36.3. The van der Waals surface area contributed by atoms with E-state index in [1.807, 2.05) is 30.3 Å². The first-order valence-electron chi connectivity index (χ1n) is 41.3. The lowest BCUT2D eigenvalue weighted by Crippen LogP contribution is -2.59. The highest BCUT2D eigenvalue weighted by molar-refractivity contribution is 6.99. The lowest BCUT2D eigenvalue weighted by atomic mass is 9.34. The van der Waals surface area contributed by atoms with Crippen molar-refractivity contribution in [1.82, 2.24) is 4.57 Å². The fraction of sp³-hybridized carbons (Fsp3) is 0.212. The van der Waals surface area contributed by atoms with Crippen LogP contribution in [0.1, 0.15) is 168 Å². The Morgan fingerprint density at radius 3 is 1.40 bits per heavy atom. The summed E-state index contributed by atoms with van der Waals surface area (Å²) in [7, 11) is 0. The molecule has 0 saturated heterocycles. The third kappa shape index (κ3) is 10.8. The highest BCUT2D eigenvalue weighted by Gasteiger charge is 2.49. The Bertz CT molecular complexity index is 6090. The molecule has 0 unspecified atom stereocenters. The van der Waals surface area contributed by atoms with Gasteiger partial charge < -0.3 is 14.2 Å². The first kappa shape index (κ1) is 55.0. The Morgan fingerprint density at radius 2 is 0.845 bits per heavy atom. The topological polar surface area (TPSA) is 17.4 Å². The smallest absolute Gasteiger partial charge is 0.256 e. The molecule has 0 bridgehead atoms. The van der Waals surface area contributed by atoms with Gasteiger partial charge in [-0.05, 0) is 199 Å². The molecule has 1 aromatic heterocycles. The third-order valence-electron chi connectivity index (χ3n) is 22.0. The summed E-state index contributed by atoms with van der Waals surface area (Å²) in [5.41, 5.74) is 19.9. The summed E-state index contributed by atoms with van der Waals surface area (Å²) in [5.74, 6) is 1.17. The van der Waals surface area contributed by atoms with Crippen molar-refractivity contribution in [3.63, 3.8) is 0 Å². The van der Waals surface area contributed by atoms with Crippen molar-refractivity contribution in [3.05, 3.63) is 329 Å². The number of ether oxygens (including phenoxy) is 1. The van der Waals surface area contributed by atoms with E-state index < -0.39 is 72.6 Å². The normalized spacial score (nSPS) is 15.3. The Labute approximate surface area is 624 Å². The molecule has 0 fully saturated rings. The van der Waals surface area contributed by atoms with Crippen LogP contribution >= 0.6 is 0 Å². The van der Waals surface area contributed by atoms with Crippen LogP contribution in [0.5, 0.6) is 11.5 Å². The minimum Gasteiger partial charge on any atom is -0.458 e. The fourth-order valence-corrected chi connectivity index (χ4v) is 16.4. The lowest BCUT2D eigenvalue weighted by molar-refractivity contribution is 0.487. The van der Waals surface area contributed by atoms with Gasteiger partial charge >= 0.3 is 0 Å². The van der Waals surface area contributed by atoms with E-state index in [1.165, 1.54) is 22.3 Å². The Morgan fingerprint density at radius 1 is 0.350 bits per heavy atom. The highest BCUT2D eigenvalue weighted by atomic mass is 16.5. The molecule has 0 amide bonds. The summed E-state index contributed by atoms with van der Waals surface area (Å²) in [6.07, 6.45) is 0. The van der Waals surface area contributed by atoms with E-state index in [0.717, 1.165) is 99.9 Å². The highest BCUT2D eigenvalue weighted by Crippen LogP contribution is 2.60. The zero-order valence-corrected chi connectivity index (χ0v) is 61.7. The maximum Gasteiger partial charge on any atom is 0.256 e. The van der Waals surface area contributed by atoms with Gasteiger partial charge in [0.15, 0.2) is 0 Å². The molecule has 2 aliphatic heterocycles. The molecule has 0 atom stereocenters. The van der Waals surface area contributed by atoms with Gasteiger partial charge in [0.05, 0.1) is 35.8 Å². The Kier molecular flexibility index (Phi) is 12.7. The second-order valence-corrected chi connectivity index (χ2v) is 33.8. The fourth-order valence-electron chi connectivity index (χ4n) is 16.4. The molecule has 506 valence electrons. The minimum atomic E-state index is -2.18. The number of benzene rings is 13. The van der Waals surface area contributed by atoms with Crippen LogP contribution in [-0.2, 0) is 32.5 Å². The molecule has 0 saturated carbocycles. The van der Waals surface area contributed by atoms with Crippen LogP contribution in [0.4, 0.5) is 17.1 Å². The predicted molar refractivity (Wildman–Crippen MR) is 439 cm³/mol. The number of aromatic nitrogens is 1. The molecule has 103 heavy (non-hydrogen) atoms. The van der Waals surface area contributed by atoms with Crippen LogP contribution in [0.3, 0.4) is 0 Å². The third-order valence-corrected chi connectivity index (χ3v) is 22.0. The van der Waals surface area contributed by atoms with Gasteiger partial charge in [-0.1, -0.05) is 316 Å². The number of nitrogens with zero attached hydrogens (tertiary/aromatic N) is 2. The minimum absolute atomic E-state index is 0.124. The van der Waals surface area contributed by atoms with Crippen molar-refractivity contribution in [2.45, 2.75) is 136 Å². The zero-order valence-electron chi connectivity index (χ0n) is 71.7. The summed E-state index contributed by atoms with van der Waals surface area (Å²) in [6, 6.07) is 71.9. The van der Waals surface area contributed by atoms with Gasteiger partial charge in [-0.3, -0.25) is 0 Å². The van der Waals surface area contributed by atoms with Crippen LogP contribution in [0.25, 0.3) is 83.1 Å². The predicted octanol–water partition coefficient (Wildman–Crippen LogP) is 24.7. The Balaban J connectivity index is 1.05. The van der Waals surface area contributed by atoms with E-state index in [4.69, 9.17) is 7.48 Å². The van der Waals surface area contributed by atoms with Crippen LogP contribution in [0.2, 0.25) is 0 Å². The number of anilines is 3. The molecule has 14 aromatic rings. The molecule has 0 N–H and O–H groups in total. The average Bonchev–Trinajstić information content (AvgIpc) is 1.55. The van der Waals surface area contributed by atoms with Gasteiger partial charge in [0.2, 0.25) is 0 Å². The molecule has 17 rings (SSSR count). The van der Waals surface area contributed by atoms with Crippen molar-refractivity contribution in [2.24, 2.45) is 0 Å². The van der Waals surface area contributed by atoms with Crippen LogP contribution < -0.4 is 26.0 Å². The van der Waals surface area contributed by atoms with Crippen molar-refractivity contribution in [3.8, 4) is 72.8 Å². The van der Waals surface area contributed by atoms with Gasteiger partial charge in [0, 0.05) is 45.0 Å². The van der Waals surface area contributed by atoms with Crippen LogP contribution in [0.15, 0.2) is 279 Å². The van der Waals surface area contributed by atoms with E-state index in [2.05, 4.69) is 289 Å². The number of hydrogen-bond acceptors (Lipinski definition) is 2. The number of fused-ring (bicyclic) bond motifs is 10. The van der Waals surface area contributed by atoms with Gasteiger partial charge in [-0.2, -0.15) is 0 Å². The van der Waals surface area contributed by atoms with E-state index in [0.29, 0.717) is 44.9 Å². The lowest BCUT2D eigenvalue weighted by Gasteiger charge is -2.42. The zero-order chi connectivity index (χ0) is 80.1. The molecule has 3 aliphatic rings. The summed E-state index contributed by atoms with van der Waals surface area (Å²) < 4.78 is 107. The second kappa shape index (κ2) is 23.7. The second-order valence-electron chi connectivity index (χ2n) is 33.8. The maximum atomic E-state index is 10.2. The summed E-state index contributed by atoms with van der Waals surface area (Å²) in [4.78, 5) is 2.46. The molecular formula is C99H91BN2O. The van der Waals surface area contributed by atoms with Crippen LogP contribution in [-0.4, -0.2) is 11.3 Å². The van der Waals surface area contributed by atoms with Gasteiger partial charge in [-0.25, -0.2) is 0 Å². The van der Waals surface area contributed by atoms with Crippen molar-refractivity contribution >= 4 is 62.0 Å². The van der Waals surface area contributed by atoms with Crippen molar-refractivity contribution < 1.29 is 18.4 Å². The SMILES string of the molecule is [2H]c1c([2H])c([2H])c(C2(c3c([2H])c([2H])c([2H])c([2H])c3[2H])c3ccccc3-c3cccc(-c4cc5c6c(c4)N(c4c(-c7ccccc7)cc(C(C)(C)C)cc4-c4ccccc4)c4cc(-c7cc(C(C)(C)C)cc(C(C)(C)C)c7)ccc4B6c4ccc(-n6c7ccc(C(C)(C)C)cc7c7cc(C(C)(C)C)ccc76)cc4O5)c32)c([2H])c1[2H]. The van der Waals surface area contributed by atoms with Gasteiger partial charge in [0.1, 0.15) is 11.5 Å². The molecule has 0 spiro atoms. The van der Waals surface area contributed by atoms with Crippen molar-refractivity contribution in [1.29, 1.82) is 0 Å². The van der Waals surface area contributed by atoms with E-state index in [1.54, 1.807) is 12.1 Å². The van der Waals surface area contributed by atoms with Gasteiger partial charge in [-0.15, -0.1) is 0 Å². The van der Waals surface area contributed by atoms with E-state index in [9.17, 15) is 11.0 Å². The standard InChI is InChI=1S/C99H91BN2O/c1-94(2,3)69-44-49-85-80(57-69)81-58-70(95(4,5)6)45-50-86(81)101(85)74-46-48-84-89(61-74)103-90-55-66(75-40-30-41-77-76-39-28-29-42-82(76)99(91(75)77,67-35-24-18-25-36-67)68-37-26-19-27-38-68)54-88-92(90)100(84)83-47-43-64(65-51-71(96(7,8)9)56-72(52-65)97(10,11)12)53-87(83)102(88)93-78(62-31-20-16-21-32-62)59-73(98(13,14)15)60-79(93)63-33-22-17-23-34-63/h16-61H,1-15H3/i18D,19D,24D,25D,26D,27D,35D,36D,37D,38D. The Hall–Kier alpha value is -10.7. The number of hydrogen-bond donors (Lipinski definition) is 0. The van der Waals surface area contributed by atoms with E-state index >= 15 is 0 Å². The largest absolute Gasteiger partial charge is 0.458 e. The molecular weight excluding hydrogens is 1240 g/mol. The molecule has 4 heteroatoms. The summed E-state index contributed by atoms with van der Waals surface area (Å²) >= 11 is 0. The molecule has 3 nitrogen and oxygen atoms in total. The van der Waals surface area contributed by atoms with Crippen LogP contribution in [0, 0.1) is 0 Å². The number of rotatable bonds is 8. The quantitative estimate of drug-likeness (QED) is 0.141. The monoisotopic (exact) mass is 1340 g/mol. The molecule has 1 aliphatic carbocycles. The van der Waals surface area contributed by atoms with Crippen molar-refractivity contribution in [2.75, 3.05) is 4.90 Å². The van der Waals surface area contributed by atoms with Gasteiger partial charge in [0.25, 0.3) is 6.71 Å². The summed E-state index contributed by atoms with van der Waals surface area (Å²) in [6.45, 7) is 33.5. The summed E-state index contributed by atoms with van der Waals surface area (Å²) in [5, 5.41) is 2.30. The maximum absolute atomic E-state index is 10.2. The molecule has 3 heterocycles. The molecule has 13 aromatic carbocycles. The van der Waals surface area contributed by atoms with E-state index in [-0.39, 0.29) is 38.2 Å². The molecule has 0 radical (unpaired) electrons.